The summed E-state index contributed by atoms with van der Waals surface area (Å²) in [4.78, 5) is 26.5. The molecule has 1 heterocycles. The van der Waals surface area contributed by atoms with Crippen LogP contribution >= 0.6 is 0 Å². The van der Waals surface area contributed by atoms with Crippen LogP contribution in [0.4, 0.5) is 18.0 Å². The second-order valence-corrected chi connectivity index (χ2v) is 7.48. The fourth-order valence-electron chi connectivity index (χ4n) is 3.95. The average Bonchev–Trinajstić information content (AvgIpc) is 3.20. The van der Waals surface area contributed by atoms with E-state index in [1.165, 1.54) is 23.3 Å². The average molecular weight is 388 g/mol. The normalized spacial score (nSPS) is 21.8. The molecule has 1 saturated heterocycles. The quantitative estimate of drug-likeness (QED) is 0.803. The number of amides is 3. The molecule has 7 heteroatoms. The molecule has 28 heavy (non-hydrogen) atoms. The molecule has 0 saturated carbocycles. The summed E-state index contributed by atoms with van der Waals surface area (Å²) in [7, 11) is 0. The summed E-state index contributed by atoms with van der Waals surface area (Å²) >= 11 is 0. The van der Waals surface area contributed by atoms with Crippen molar-refractivity contribution in [2.75, 3.05) is 0 Å². The van der Waals surface area contributed by atoms with Gasteiger partial charge in [-0.15, -0.1) is 0 Å². The molecule has 1 atom stereocenters. The van der Waals surface area contributed by atoms with Crippen molar-refractivity contribution in [3.8, 4) is 0 Å². The van der Waals surface area contributed by atoms with Crippen LogP contribution in [0.2, 0.25) is 0 Å². The zero-order valence-electron chi connectivity index (χ0n) is 15.3. The second-order valence-electron chi connectivity index (χ2n) is 7.48. The highest BCUT2D eigenvalue weighted by molar-refractivity contribution is 6.07. The minimum atomic E-state index is -4.48. The van der Waals surface area contributed by atoms with Crippen LogP contribution in [-0.4, -0.2) is 16.8 Å². The third-order valence-electron chi connectivity index (χ3n) is 5.55. The summed E-state index contributed by atoms with van der Waals surface area (Å²) in [6.07, 6.45) is -1.46. The molecule has 146 valence electrons. The number of fused-ring (bicyclic) bond motifs is 1. The van der Waals surface area contributed by atoms with Gasteiger partial charge in [0, 0.05) is 0 Å². The monoisotopic (exact) mass is 388 g/mol. The number of halogens is 3. The van der Waals surface area contributed by atoms with Gasteiger partial charge in [-0.05, 0) is 60.6 Å². The highest BCUT2D eigenvalue weighted by Crippen LogP contribution is 2.34. The maximum absolute atomic E-state index is 13.0. The molecule has 4 rings (SSSR count). The van der Waals surface area contributed by atoms with Gasteiger partial charge in [0.1, 0.15) is 5.54 Å². The molecule has 2 aromatic carbocycles. The van der Waals surface area contributed by atoms with Crippen LogP contribution in [0.1, 0.15) is 41.2 Å². The predicted octanol–water partition coefficient (Wildman–Crippen LogP) is 4.16. The number of imide groups is 1. The summed E-state index contributed by atoms with van der Waals surface area (Å²) in [5.74, 6) is -0.465. The van der Waals surface area contributed by atoms with Crippen LogP contribution in [0.3, 0.4) is 0 Å². The van der Waals surface area contributed by atoms with Crippen molar-refractivity contribution in [2.45, 2.75) is 44.4 Å². The Bertz CT molecular complexity index is 970. The Morgan fingerprint density at radius 1 is 1.07 bits per heavy atom. The van der Waals surface area contributed by atoms with Gasteiger partial charge in [-0.3, -0.25) is 9.69 Å². The third kappa shape index (κ3) is 3.04. The first-order chi connectivity index (χ1) is 13.2. The molecular formula is C21H19F3N2O2. The highest BCUT2D eigenvalue weighted by atomic mass is 19.4. The molecule has 3 amide bonds. The first-order valence-corrected chi connectivity index (χ1v) is 9.11. The third-order valence-corrected chi connectivity index (χ3v) is 5.55. The maximum atomic E-state index is 13.0. The Kier molecular flexibility index (Phi) is 4.21. The van der Waals surface area contributed by atoms with Gasteiger partial charge in [0.15, 0.2) is 0 Å². The summed E-state index contributed by atoms with van der Waals surface area (Å²) in [5, 5.41) is 2.72. The molecule has 1 N–H and O–H groups in total. The number of benzene rings is 2. The smallest absolute Gasteiger partial charge is 0.319 e. The Morgan fingerprint density at radius 3 is 2.57 bits per heavy atom. The molecule has 1 fully saturated rings. The van der Waals surface area contributed by atoms with E-state index in [4.69, 9.17) is 0 Å². The maximum Gasteiger partial charge on any atom is 0.416 e. The number of carbonyl (C=O) groups is 2. The van der Waals surface area contributed by atoms with Gasteiger partial charge in [-0.25, -0.2) is 4.79 Å². The van der Waals surface area contributed by atoms with Crippen molar-refractivity contribution in [2.24, 2.45) is 0 Å². The topological polar surface area (TPSA) is 49.4 Å². The summed E-state index contributed by atoms with van der Waals surface area (Å²) in [6, 6.07) is 9.85. The number of hydrogen-bond donors (Lipinski definition) is 1. The van der Waals surface area contributed by atoms with E-state index < -0.39 is 29.2 Å². The molecule has 1 aliphatic carbocycles. The Labute approximate surface area is 160 Å². The van der Waals surface area contributed by atoms with Gasteiger partial charge in [-0.1, -0.05) is 30.3 Å². The minimum Gasteiger partial charge on any atom is -0.319 e. The lowest BCUT2D eigenvalue weighted by atomic mass is 9.89. The molecular weight excluding hydrogens is 369 g/mol. The van der Waals surface area contributed by atoms with Gasteiger partial charge in [-0.2, -0.15) is 13.2 Å². The van der Waals surface area contributed by atoms with E-state index in [1.807, 2.05) is 18.2 Å². The number of nitrogens with one attached hydrogen (secondary N) is 1. The van der Waals surface area contributed by atoms with E-state index in [1.54, 1.807) is 6.92 Å². The Morgan fingerprint density at radius 2 is 1.82 bits per heavy atom. The van der Waals surface area contributed by atoms with E-state index in [-0.39, 0.29) is 12.1 Å². The van der Waals surface area contributed by atoms with Crippen LogP contribution in [0.15, 0.2) is 42.5 Å². The molecule has 0 spiro atoms. The highest BCUT2D eigenvalue weighted by Gasteiger charge is 2.49. The molecule has 0 bridgehead atoms. The van der Waals surface area contributed by atoms with Crippen molar-refractivity contribution >= 4 is 11.9 Å². The fourth-order valence-corrected chi connectivity index (χ4v) is 3.95. The molecule has 0 aromatic heterocycles. The van der Waals surface area contributed by atoms with Gasteiger partial charge >= 0.3 is 12.2 Å². The Hall–Kier alpha value is -2.83. The molecule has 2 aromatic rings. The zero-order valence-corrected chi connectivity index (χ0v) is 15.3. The van der Waals surface area contributed by atoms with Crippen molar-refractivity contribution in [3.05, 3.63) is 70.3 Å². The van der Waals surface area contributed by atoms with Gasteiger partial charge in [0.05, 0.1) is 12.1 Å². The summed E-state index contributed by atoms with van der Waals surface area (Å²) < 4.78 is 38.8. The van der Waals surface area contributed by atoms with Crippen molar-refractivity contribution in [3.63, 3.8) is 0 Å². The van der Waals surface area contributed by atoms with E-state index >= 15 is 0 Å². The SMILES string of the molecule is C[C@]1(c2ccc3c(c2)CCC3)NC(=O)N(Cc2cccc(C(F)(F)F)c2)C1=O. The lowest BCUT2D eigenvalue weighted by Crippen LogP contribution is -2.40. The molecule has 0 radical (unpaired) electrons. The molecule has 1 aliphatic heterocycles. The summed E-state index contributed by atoms with van der Waals surface area (Å²) in [5.41, 5.74) is 1.34. The van der Waals surface area contributed by atoms with Gasteiger partial charge < -0.3 is 5.32 Å². The van der Waals surface area contributed by atoms with Crippen LogP contribution in [0, 0.1) is 0 Å². The fraction of sp³-hybridized carbons (Fsp3) is 0.333. The first-order valence-electron chi connectivity index (χ1n) is 9.11. The molecule has 4 nitrogen and oxygen atoms in total. The van der Waals surface area contributed by atoms with E-state index in [0.29, 0.717) is 5.56 Å². The minimum absolute atomic E-state index is 0.213. The first kappa shape index (κ1) is 18.5. The predicted molar refractivity (Wildman–Crippen MR) is 96.3 cm³/mol. The zero-order chi connectivity index (χ0) is 20.1. The van der Waals surface area contributed by atoms with Gasteiger partial charge in [0.25, 0.3) is 5.91 Å². The number of nitrogens with zero attached hydrogens (tertiary/aromatic N) is 1. The standard InChI is InChI=1S/C21H19F3N2O2/c1-20(16-9-8-14-5-3-6-15(14)11-16)18(27)26(19(28)25-20)12-13-4-2-7-17(10-13)21(22,23)24/h2,4,7-11H,3,5-6,12H2,1H3,(H,25,28)/t20-/m1/s1. The summed E-state index contributed by atoms with van der Waals surface area (Å²) in [6.45, 7) is 1.42. The van der Waals surface area contributed by atoms with E-state index in [9.17, 15) is 22.8 Å². The van der Waals surface area contributed by atoms with Crippen molar-refractivity contribution in [1.82, 2.24) is 10.2 Å². The van der Waals surface area contributed by atoms with Crippen LogP contribution in [-0.2, 0) is 35.9 Å². The number of hydrogen-bond acceptors (Lipinski definition) is 2. The van der Waals surface area contributed by atoms with E-state index in [0.717, 1.165) is 36.3 Å². The van der Waals surface area contributed by atoms with Gasteiger partial charge in [0.2, 0.25) is 0 Å². The van der Waals surface area contributed by atoms with Crippen molar-refractivity contribution < 1.29 is 22.8 Å². The van der Waals surface area contributed by atoms with E-state index in [2.05, 4.69) is 5.32 Å². The lowest BCUT2D eigenvalue weighted by molar-refractivity contribution is -0.137. The Balaban J connectivity index is 1.61. The number of aryl methyl sites for hydroxylation is 2. The van der Waals surface area contributed by atoms with Crippen LogP contribution < -0.4 is 5.32 Å². The number of carbonyl (C=O) groups excluding carboxylic acids is 2. The van der Waals surface area contributed by atoms with Crippen LogP contribution in [0.25, 0.3) is 0 Å². The van der Waals surface area contributed by atoms with Crippen molar-refractivity contribution in [1.29, 1.82) is 0 Å². The van der Waals surface area contributed by atoms with Crippen LogP contribution in [0.5, 0.6) is 0 Å². The number of urea groups is 1. The largest absolute Gasteiger partial charge is 0.416 e. The number of rotatable bonds is 3. The molecule has 0 unspecified atom stereocenters. The second kappa shape index (κ2) is 6.36. The lowest BCUT2D eigenvalue weighted by Gasteiger charge is -2.23. The molecule has 2 aliphatic rings. The number of alkyl halides is 3.